The molecule has 1 N–H and O–H groups in total. The molecule has 26 heavy (non-hydrogen) atoms. The van der Waals surface area contributed by atoms with Crippen molar-refractivity contribution in [3.05, 3.63) is 53.7 Å². The van der Waals surface area contributed by atoms with E-state index in [1.807, 2.05) is 6.07 Å². The van der Waals surface area contributed by atoms with Crippen LogP contribution in [0.15, 0.2) is 48.2 Å². The van der Waals surface area contributed by atoms with Gasteiger partial charge in [-0.15, -0.1) is 5.10 Å². The highest BCUT2D eigenvalue weighted by Gasteiger charge is 2.15. The van der Waals surface area contributed by atoms with E-state index in [9.17, 15) is 0 Å². The van der Waals surface area contributed by atoms with Crippen molar-refractivity contribution in [2.24, 2.45) is 0 Å². The molecule has 1 aromatic carbocycles. The molecule has 1 aliphatic carbocycles. The third kappa shape index (κ3) is 5.28. The number of aromatic nitrogens is 3. The molecule has 0 atom stereocenters. The van der Waals surface area contributed by atoms with Gasteiger partial charge in [0, 0.05) is 19.1 Å². The minimum absolute atomic E-state index is 0.291. The van der Waals surface area contributed by atoms with Crippen LogP contribution in [0.5, 0.6) is 0 Å². The highest BCUT2D eigenvalue weighted by Crippen LogP contribution is 2.20. The highest BCUT2D eigenvalue weighted by molar-refractivity contribution is 5.40. The zero-order valence-electron chi connectivity index (χ0n) is 15.9. The fraction of sp³-hybridized carbons (Fsp3) is 0.476. The largest absolute Gasteiger partial charge is 0.368 e. The number of anilines is 2. The minimum atomic E-state index is 0.291. The maximum Gasteiger partial charge on any atom is 0.247 e. The standard InChI is InChI=1S/C21H29N5/c1-17(2)26(16-19-11-7-4-8-12-19)21-24-20(15-23-25-21)22-14-13-18-9-5-3-6-10-18/h4,7-9,11-12,15,17H,3,5-6,10,13-14,16H2,1-2H3,(H,22,24,25). The molecule has 0 aliphatic heterocycles. The maximum atomic E-state index is 4.69. The SMILES string of the molecule is CC(C)N(Cc1ccccc1)c1nncc(NCCC2=CCCCC2)n1. The summed E-state index contributed by atoms with van der Waals surface area (Å²) >= 11 is 0. The van der Waals surface area contributed by atoms with Gasteiger partial charge in [-0.1, -0.05) is 42.0 Å². The van der Waals surface area contributed by atoms with E-state index in [-0.39, 0.29) is 0 Å². The summed E-state index contributed by atoms with van der Waals surface area (Å²) in [5.41, 5.74) is 2.81. The lowest BCUT2D eigenvalue weighted by Gasteiger charge is -2.26. The first-order chi connectivity index (χ1) is 12.7. The average molecular weight is 351 g/mol. The van der Waals surface area contributed by atoms with Crippen LogP contribution in [-0.2, 0) is 6.54 Å². The smallest absolute Gasteiger partial charge is 0.247 e. The van der Waals surface area contributed by atoms with Crippen molar-refractivity contribution >= 4 is 11.8 Å². The maximum absolute atomic E-state index is 4.69. The molecule has 5 nitrogen and oxygen atoms in total. The predicted octanol–water partition coefficient (Wildman–Crippen LogP) is 4.59. The Kier molecular flexibility index (Phi) is 6.58. The number of hydrogen-bond donors (Lipinski definition) is 1. The van der Waals surface area contributed by atoms with Gasteiger partial charge in [0.15, 0.2) is 5.82 Å². The summed E-state index contributed by atoms with van der Waals surface area (Å²) in [4.78, 5) is 6.87. The molecule has 1 heterocycles. The summed E-state index contributed by atoms with van der Waals surface area (Å²) in [6, 6.07) is 10.7. The van der Waals surface area contributed by atoms with Crippen molar-refractivity contribution in [1.29, 1.82) is 0 Å². The first-order valence-corrected chi connectivity index (χ1v) is 9.64. The van der Waals surface area contributed by atoms with E-state index in [1.54, 1.807) is 11.8 Å². The van der Waals surface area contributed by atoms with Crippen molar-refractivity contribution in [1.82, 2.24) is 15.2 Å². The Balaban J connectivity index is 1.63. The fourth-order valence-corrected chi connectivity index (χ4v) is 3.25. The second kappa shape index (κ2) is 9.32. The second-order valence-electron chi connectivity index (χ2n) is 7.13. The first-order valence-electron chi connectivity index (χ1n) is 9.64. The van der Waals surface area contributed by atoms with Gasteiger partial charge in [0.25, 0.3) is 0 Å². The average Bonchev–Trinajstić information content (AvgIpc) is 2.68. The summed E-state index contributed by atoms with van der Waals surface area (Å²) in [7, 11) is 0. The molecule has 138 valence electrons. The van der Waals surface area contributed by atoms with E-state index >= 15 is 0 Å². The Morgan fingerprint density at radius 3 is 2.73 bits per heavy atom. The van der Waals surface area contributed by atoms with Crippen LogP contribution in [0, 0.1) is 0 Å². The van der Waals surface area contributed by atoms with E-state index < -0.39 is 0 Å². The topological polar surface area (TPSA) is 53.9 Å². The Morgan fingerprint density at radius 1 is 1.15 bits per heavy atom. The van der Waals surface area contributed by atoms with Crippen LogP contribution in [0.1, 0.15) is 51.5 Å². The van der Waals surface area contributed by atoms with Gasteiger partial charge >= 0.3 is 0 Å². The van der Waals surface area contributed by atoms with Crippen LogP contribution >= 0.6 is 0 Å². The molecule has 0 saturated heterocycles. The normalized spacial score (nSPS) is 14.2. The third-order valence-electron chi connectivity index (χ3n) is 4.76. The number of hydrogen-bond acceptors (Lipinski definition) is 5. The van der Waals surface area contributed by atoms with Crippen molar-refractivity contribution in [2.45, 2.75) is 58.5 Å². The van der Waals surface area contributed by atoms with Gasteiger partial charge < -0.3 is 10.2 Å². The predicted molar refractivity (Wildman–Crippen MR) is 107 cm³/mol. The van der Waals surface area contributed by atoms with E-state index in [1.165, 1.54) is 31.2 Å². The molecule has 1 aliphatic rings. The van der Waals surface area contributed by atoms with Crippen molar-refractivity contribution < 1.29 is 0 Å². The van der Waals surface area contributed by atoms with E-state index in [0.717, 1.165) is 25.3 Å². The van der Waals surface area contributed by atoms with Crippen LogP contribution in [0.4, 0.5) is 11.8 Å². The zero-order chi connectivity index (χ0) is 18.2. The summed E-state index contributed by atoms with van der Waals surface area (Å²) < 4.78 is 0. The van der Waals surface area contributed by atoms with Crippen LogP contribution in [0.2, 0.25) is 0 Å². The van der Waals surface area contributed by atoms with E-state index in [0.29, 0.717) is 12.0 Å². The fourth-order valence-electron chi connectivity index (χ4n) is 3.25. The molecular formula is C21H29N5. The lowest BCUT2D eigenvalue weighted by molar-refractivity contribution is 0.652. The van der Waals surface area contributed by atoms with Crippen molar-refractivity contribution in [3.8, 4) is 0 Å². The summed E-state index contributed by atoms with van der Waals surface area (Å²) in [6.07, 6.45) is 10.3. The highest BCUT2D eigenvalue weighted by atomic mass is 15.3. The minimum Gasteiger partial charge on any atom is -0.368 e. The zero-order valence-corrected chi connectivity index (χ0v) is 15.9. The van der Waals surface area contributed by atoms with Gasteiger partial charge in [-0.2, -0.15) is 10.1 Å². The van der Waals surface area contributed by atoms with Crippen LogP contribution < -0.4 is 10.2 Å². The Hall–Kier alpha value is -2.43. The lowest BCUT2D eigenvalue weighted by atomic mass is 9.97. The van der Waals surface area contributed by atoms with E-state index in [4.69, 9.17) is 4.98 Å². The quantitative estimate of drug-likeness (QED) is 0.705. The molecule has 1 aromatic heterocycles. The molecule has 0 unspecified atom stereocenters. The third-order valence-corrected chi connectivity index (χ3v) is 4.76. The van der Waals surface area contributed by atoms with Crippen LogP contribution in [0.25, 0.3) is 0 Å². The van der Waals surface area contributed by atoms with Crippen molar-refractivity contribution in [3.63, 3.8) is 0 Å². The van der Waals surface area contributed by atoms with Gasteiger partial charge in [-0.3, -0.25) is 0 Å². The number of benzene rings is 1. The number of rotatable bonds is 8. The molecule has 0 saturated carbocycles. The molecule has 0 amide bonds. The molecule has 5 heteroatoms. The van der Waals surface area contributed by atoms with Gasteiger partial charge in [0.05, 0.1) is 6.20 Å². The van der Waals surface area contributed by atoms with Crippen LogP contribution in [0.3, 0.4) is 0 Å². The van der Waals surface area contributed by atoms with Gasteiger partial charge in [0.2, 0.25) is 5.95 Å². The van der Waals surface area contributed by atoms with Crippen LogP contribution in [-0.4, -0.2) is 27.8 Å². The van der Waals surface area contributed by atoms with Gasteiger partial charge in [-0.25, -0.2) is 0 Å². The molecule has 3 rings (SSSR count). The van der Waals surface area contributed by atoms with E-state index in [2.05, 4.69) is 64.6 Å². The molecular weight excluding hydrogens is 322 g/mol. The first kappa shape index (κ1) is 18.4. The molecule has 0 spiro atoms. The number of nitrogens with one attached hydrogen (secondary N) is 1. The van der Waals surface area contributed by atoms with Gasteiger partial charge in [-0.05, 0) is 51.5 Å². The summed E-state index contributed by atoms with van der Waals surface area (Å²) in [6.45, 7) is 5.98. The molecule has 0 bridgehead atoms. The number of allylic oxidation sites excluding steroid dienone is 1. The van der Waals surface area contributed by atoms with Crippen molar-refractivity contribution in [2.75, 3.05) is 16.8 Å². The Bertz CT molecular complexity index is 711. The molecule has 0 radical (unpaired) electrons. The molecule has 0 fully saturated rings. The summed E-state index contributed by atoms with van der Waals surface area (Å²) in [5, 5.41) is 11.8. The Morgan fingerprint density at radius 2 is 2.00 bits per heavy atom. The Labute approximate surface area is 156 Å². The van der Waals surface area contributed by atoms with Gasteiger partial charge in [0.1, 0.15) is 0 Å². The summed E-state index contributed by atoms with van der Waals surface area (Å²) in [5.74, 6) is 1.47. The molecule has 2 aromatic rings. The second-order valence-corrected chi connectivity index (χ2v) is 7.13. The monoisotopic (exact) mass is 351 g/mol. The lowest BCUT2D eigenvalue weighted by Crippen LogP contribution is -2.32. The number of nitrogens with zero attached hydrogens (tertiary/aromatic N) is 4.